The van der Waals surface area contributed by atoms with Crippen LogP contribution >= 0.6 is 0 Å². The number of piperidine rings is 1. The summed E-state index contributed by atoms with van der Waals surface area (Å²) in [6.07, 6.45) is 11.6. The number of anilines is 1. The first-order chi connectivity index (χ1) is 12.8. The molecular weight excluding hydrogens is 328 g/mol. The molecule has 6 nitrogen and oxygen atoms in total. The van der Waals surface area contributed by atoms with E-state index in [1.165, 1.54) is 38.5 Å². The van der Waals surface area contributed by atoms with Crippen LogP contribution in [-0.2, 0) is 6.54 Å². The fourth-order valence-electron chi connectivity index (χ4n) is 4.13. The van der Waals surface area contributed by atoms with E-state index in [-0.39, 0.29) is 5.91 Å². The molecule has 140 valence electrons. The third-order valence-corrected chi connectivity index (χ3v) is 5.55. The van der Waals surface area contributed by atoms with E-state index in [9.17, 15) is 4.79 Å². The number of amides is 1. The predicted octanol–water partition coefficient (Wildman–Crippen LogP) is 4.22. The van der Waals surface area contributed by atoms with Crippen LogP contribution in [0.3, 0.4) is 0 Å². The number of nitrogens with one attached hydrogen (secondary N) is 1. The Bertz CT molecular complexity index is 724. The largest absolute Gasteiger partial charge is 0.455 e. The first-order valence-corrected chi connectivity index (χ1v) is 9.95. The molecular formula is C20H28N4O2. The lowest BCUT2D eigenvalue weighted by molar-refractivity contribution is 0.0990. The molecule has 1 N–H and O–H groups in total. The van der Waals surface area contributed by atoms with E-state index < -0.39 is 0 Å². The van der Waals surface area contributed by atoms with Crippen molar-refractivity contribution in [3.8, 4) is 0 Å². The molecule has 0 bridgehead atoms. The Morgan fingerprint density at radius 3 is 2.65 bits per heavy atom. The molecule has 1 aliphatic carbocycles. The fraction of sp³-hybridized carbons (Fsp3) is 0.600. The highest BCUT2D eigenvalue weighted by atomic mass is 16.4. The Morgan fingerprint density at radius 1 is 1.08 bits per heavy atom. The molecule has 2 aromatic heterocycles. The molecule has 1 saturated heterocycles. The Labute approximate surface area is 154 Å². The van der Waals surface area contributed by atoms with E-state index in [0.29, 0.717) is 11.8 Å². The molecule has 0 spiro atoms. The molecule has 0 aromatic carbocycles. The maximum Gasteiger partial charge on any atom is 0.292 e. The smallest absolute Gasteiger partial charge is 0.292 e. The van der Waals surface area contributed by atoms with Crippen LogP contribution in [-0.4, -0.2) is 33.7 Å². The summed E-state index contributed by atoms with van der Waals surface area (Å²) in [5.41, 5.74) is 0. The molecule has 3 heterocycles. The first-order valence-electron chi connectivity index (χ1n) is 9.95. The van der Waals surface area contributed by atoms with Crippen LogP contribution in [0.15, 0.2) is 28.8 Å². The van der Waals surface area contributed by atoms with Gasteiger partial charge in [0.1, 0.15) is 11.6 Å². The van der Waals surface area contributed by atoms with Gasteiger partial charge in [0.2, 0.25) is 0 Å². The van der Waals surface area contributed by atoms with Crippen molar-refractivity contribution in [3.63, 3.8) is 0 Å². The zero-order chi connectivity index (χ0) is 17.8. The Morgan fingerprint density at radius 2 is 1.85 bits per heavy atom. The molecule has 0 radical (unpaired) electrons. The van der Waals surface area contributed by atoms with Gasteiger partial charge in [0, 0.05) is 6.07 Å². The maximum absolute atomic E-state index is 12.6. The normalized spacial score (nSPS) is 19.5. The van der Waals surface area contributed by atoms with Gasteiger partial charge >= 0.3 is 0 Å². The summed E-state index contributed by atoms with van der Waals surface area (Å²) in [7, 11) is 0. The molecule has 0 atom stereocenters. The standard InChI is InChI=1S/C20H28N4O2/c25-20(18-10-9-17(26-18)15-23-13-5-2-6-14-23)22-19-11-12-21-24(19)16-7-3-1-4-8-16/h9-12,16H,1-8,13-15H2,(H,22,25). The minimum Gasteiger partial charge on any atom is -0.455 e. The van der Waals surface area contributed by atoms with Gasteiger partial charge in [-0.25, -0.2) is 4.68 Å². The second kappa shape index (κ2) is 8.08. The molecule has 1 aliphatic heterocycles. The second-order valence-corrected chi connectivity index (χ2v) is 7.51. The first kappa shape index (κ1) is 17.3. The van der Waals surface area contributed by atoms with Crippen molar-refractivity contribution in [2.24, 2.45) is 0 Å². The number of nitrogens with zero attached hydrogens (tertiary/aromatic N) is 3. The van der Waals surface area contributed by atoms with E-state index >= 15 is 0 Å². The minimum absolute atomic E-state index is 0.201. The molecule has 6 heteroatoms. The van der Waals surface area contributed by atoms with Crippen LogP contribution < -0.4 is 5.32 Å². The van der Waals surface area contributed by atoms with Gasteiger partial charge in [-0.1, -0.05) is 25.7 Å². The van der Waals surface area contributed by atoms with E-state index in [1.54, 1.807) is 12.3 Å². The second-order valence-electron chi connectivity index (χ2n) is 7.51. The molecule has 4 rings (SSSR count). The Balaban J connectivity index is 1.38. The minimum atomic E-state index is -0.201. The van der Waals surface area contributed by atoms with Crippen molar-refractivity contribution in [1.29, 1.82) is 0 Å². The number of likely N-dealkylation sites (tertiary alicyclic amines) is 1. The zero-order valence-electron chi connectivity index (χ0n) is 15.3. The highest BCUT2D eigenvalue weighted by molar-refractivity contribution is 6.01. The van der Waals surface area contributed by atoms with Crippen LogP contribution in [0, 0.1) is 0 Å². The van der Waals surface area contributed by atoms with Gasteiger partial charge in [0.15, 0.2) is 5.76 Å². The number of aromatic nitrogens is 2. The average Bonchev–Trinajstić information content (AvgIpc) is 3.33. The monoisotopic (exact) mass is 356 g/mol. The zero-order valence-corrected chi connectivity index (χ0v) is 15.3. The van der Waals surface area contributed by atoms with Crippen molar-refractivity contribution in [1.82, 2.24) is 14.7 Å². The van der Waals surface area contributed by atoms with Crippen molar-refractivity contribution in [2.45, 2.75) is 64.0 Å². The van der Waals surface area contributed by atoms with Crippen molar-refractivity contribution in [3.05, 3.63) is 35.9 Å². The van der Waals surface area contributed by atoms with Gasteiger partial charge in [-0.15, -0.1) is 0 Å². The van der Waals surface area contributed by atoms with E-state index in [0.717, 1.165) is 44.1 Å². The molecule has 1 amide bonds. The van der Waals surface area contributed by atoms with Gasteiger partial charge in [0.05, 0.1) is 18.8 Å². The van der Waals surface area contributed by atoms with E-state index in [2.05, 4.69) is 15.3 Å². The van der Waals surface area contributed by atoms with Gasteiger partial charge in [-0.3, -0.25) is 9.69 Å². The van der Waals surface area contributed by atoms with Gasteiger partial charge < -0.3 is 9.73 Å². The molecule has 2 aliphatic rings. The summed E-state index contributed by atoms with van der Waals surface area (Å²) in [5, 5.41) is 7.41. The molecule has 1 saturated carbocycles. The number of carbonyl (C=O) groups is 1. The lowest BCUT2D eigenvalue weighted by Crippen LogP contribution is -2.28. The topological polar surface area (TPSA) is 63.3 Å². The molecule has 0 unspecified atom stereocenters. The lowest BCUT2D eigenvalue weighted by Gasteiger charge is -2.25. The number of furan rings is 1. The fourth-order valence-corrected chi connectivity index (χ4v) is 4.13. The Kier molecular flexibility index (Phi) is 5.39. The summed E-state index contributed by atoms with van der Waals surface area (Å²) in [6, 6.07) is 5.95. The van der Waals surface area contributed by atoms with E-state index in [1.807, 2.05) is 16.8 Å². The SMILES string of the molecule is O=C(Nc1ccnn1C1CCCCC1)c1ccc(CN2CCCCC2)o1. The van der Waals surface area contributed by atoms with Crippen molar-refractivity contribution in [2.75, 3.05) is 18.4 Å². The molecule has 2 aromatic rings. The van der Waals surface area contributed by atoms with Crippen LogP contribution in [0.5, 0.6) is 0 Å². The predicted molar refractivity (Wildman–Crippen MR) is 100 cm³/mol. The lowest BCUT2D eigenvalue weighted by atomic mass is 9.96. The van der Waals surface area contributed by atoms with Crippen LogP contribution in [0.4, 0.5) is 5.82 Å². The highest BCUT2D eigenvalue weighted by Crippen LogP contribution is 2.30. The number of carbonyl (C=O) groups excluding carboxylic acids is 1. The molecule has 26 heavy (non-hydrogen) atoms. The third kappa shape index (κ3) is 4.01. The summed E-state index contributed by atoms with van der Waals surface area (Å²) >= 11 is 0. The Hall–Kier alpha value is -2.08. The van der Waals surface area contributed by atoms with Crippen molar-refractivity contribution < 1.29 is 9.21 Å². The van der Waals surface area contributed by atoms with Crippen LogP contribution in [0.2, 0.25) is 0 Å². The number of hydrogen-bond acceptors (Lipinski definition) is 4. The maximum atomic E-state index is 12.6. The number of hydrogen-bond donors (Lipinski definition) is 1. The van der Waals surface area contributed by atoms with Crippen LogP contribution in [0.25, 0.3) is 0 Å². The summed E-state index contributed by atoms with van der Waals surface area (Å²) in [5.74, 6) is 1.79. The van der Waals surface area contributed by atoms with Gasteiger partial charge in [-0.05, 0) is 50.9 Å². The summed E-state index contributed by atoms with van der Waals surface area (Å²) in [6.45, 7) is 3.01. The highest BCUT2D eigenvalue weighted by Gasteiger charge is 2.21. The average molecular weight is 356 g/mol. The van der Waals surface area contributed by atoms with E-state index in [4.69, 9.17) is 4.42 Å². The summed E-state index contributed by atoms with van der Waals surface area (Å²) in [4.78, 5) is 15.0. The number of rotatable bonds is 5. The van der Waals surface area contributed by atoms with Crippen LogP contribution in [0.1, 0.15) is 73.7 Å². The van der Waals surface area contributed by atoms with Gasteiger partial charge in [-0.2, -0.15) is 5.10 Å². The summed E-state index contributed by atoms with van der Waals surface area (Å²) < 4.78 is 7.77. The quantitative estimate of drug-likeness (QED) is 0.871. The van der Waals surface area contributed by atoms with Gasteiger partial charge in [0.25, 0.3) is 5.91 Å². The van der Waals surface area contributed by atoms with Crippen molar-refractivity contribution >= 4 is 11.7 Å². The third-order valence-electron chi connectivity index (χ3n) is 5.55. The molecule has 2 fully saturated rings.